The molecule has 1 amide bonds. The standard InChI is InChI=1S/C17H16N2O/c1-12-8-9-15-13(10-12)11-16(18-15)17(20)19(2)14-6-4-3-5-7-14/h3-11,18H,1-2H3. The minimum absolute atomic E-state index is 0.0370. The Morgan fingerprint density at radius 2 is 1.80 bits per heavy atom. The van der Waals surface area contributed by atoms with Gasteiger partial charge in [-0.05, 0) is 37.3 Å². The molecule has 0 saturated carbocycles. The maximum atomic E-state index is 12.5. The molecule has 0 fully saturated rings. The van der Waals surface area contributed by atoms with Crippen LogP contribution in [0.15, 0.2) is 54.6 Å². The molecule has 3 nitrogen and oxygen atoms in total. The van der Waals surface area contributed by atoms with Gasteiger partial charge in [0.15, 0.2) is 0 Å². The number of fused-ring (bicyclic) bond motifs is 1. The summed E-state index contributed by atoms with van der Waals surface area (Å²) < 4.78 is 0. The van der Waals surface area contributed by atoms with Crippen molar-refractivity contribution < 1.29 is 4.79 Å². The van der Waals surface area contributed by atoms with Crippen LogP contribution in [-0.2, 0) is 0 Å². The summed E-state index contributed by atoms with van der Waals surface area (Å²) in [6.07, 6.45) is 0. The second-order valence-electron chi connectivity index (χ2n) is 4.97. The summed E-state index contributed by atoms with van der Waals surface area (Å²) in [6.45, 7) is 2.05. The molecule has 0 unspecified atom stereocenters. The van der Waals surface area contributed by atoms with Crippen LogP contribution in [0.5, 0.6) is 0 Å². The quantitative estimate of drug-likeness (QED) is 0.751. The molecule has 3 rings (SSSR count). The monoisotopic (exact) mass is 264 g/mol. The Labute approximate surface area is 117 Å². The van der Waals surface area contributed by atoms with Crippen LogP contribution in [-0.4, -0.2) is 17.9 Å². The first-order chi connectivity index (χ1) is 9.65. The van der Waals surface area contributed by atoms with Gasteiger partial charge in [0.05, 0.1) is 0 Å². The molecule has 3 aromatic rings. The largest absolute Gasteiger partial charge is 0.351 e. The lowest BCUT2D eigenvalue weighted by atomic mass is 10.2. The average Bonchev–Trinajstić information content (AvgIpc) is 2.89. The number of carbonyl (C=O) groups excluding carboxylic acids is 1. The van der Waals surface area contributed by atoms with Crippen molar-refractivity contribution in [1.29, 1.82) is 0 Å². The van der Waals surface area contributed by atoms with Crippen molar-refractivity contribution in [2.45, 2.75) is 6.92 Å². The van der Waals surface area contributed by atoms with Crippen LogP contribution in [0.4, 0.5) is 5.69 Å². The van der Waals surface area contributed by atoms with Crippen molar-refractivity contribution in [3.8, 4) is 0 Å². The molecule has 0 saturated heterocycles. The molecule has 0 aliphatic rings. The van der Waals surface area contributed by atoms with Gasteiger partial charge in [-0.25, -0.2) is 0 Å². The third kappa shape index (κ3) is 2.18. The lowest BCUT2D eigenvalue weighted by Crippen LogP contribution is -2.26. The molecule has 0 spiro atoms. The lowest BCUT2D eigenvalue weighted by Gasteiger charge is -2.16. The van der Waals surface area contributed by atoms with E-state index >= 15 is 0 Å². The first kappa shape index (κ1) is 12.5. The molecule has 1 heterocycles. The lowest BCUT2D eigenvalue weighted by molar-refractivity contribution is 0.0989. The zero-order valence-corrected chi connectivity index (χ0v) is 11.6. The number of anilines is 1. The van der Waals surface area contributed by atoms with Gasteiger partial charge in [0, 0.05) is 23.6 Å². The second-order valence-corrected chi connectivity index (χ2v) is 4.97. The number of nitrogens with one attached hydrogen (secondary N) is 1. The van der Waals surface area contributed by atoms with Crippen molar-refractivity contribution in [3.05, 3.63) is 65.9 Å². The predicted molar refractivity (Wildman–Crippen MR) is 82.2 cm³/mol. The molecule has 3 heteroatoms. The fraction of sp³-hybridized carbons (Fsp3) is 0.118. The molecule has 2 aromatic carbocycles. The number of benzene rings is 2. The van der Waals surface area contributed by atoms with Gasteiger partial charge in [-0.2, -0.15) is 0 Å². The maximum Gasteiger partial charge on any atom is 0.274 e. The number of carbonyl (C=O) groups is 1. The van der Waals surface area contributed by atoms with Crippen LogP contribution in [0.3, 0.4) is 0 Å². The Bertz CT molecular complexity index is 759. The molecule has 1 N–H and O–H groups in total. The number of para-hydroxylation sites is 1. The molecule has 0 radical (unpaired) electrons. The minimum atomic E-state index is -0.0370. The van der Waals surface area contributed by atoms with Crippen molar-refractivity contribution in [3.63, 3.8) is 0 Å². The van der Waals surface area contributed by atoms with E-state index in [0.29, 0.717) is 5.69 Å². The Kier molecular flexibility index (Phi) is 3.03. The third-order valence-corrected chi connectivity index (χ3v) is 3.45. The average molecular weight is 264 g/mol. The van der Waals surface area contributed by atoms with Gasteiger partial charge in [0.2, 0.25) is 0 Å². The summed E-state index contributed by atoms with van der Waals surface area (Å²) in [5, 5.41) is 1.06. The van der Waals surface area contributed by atoms with E-state index in [-0.39, 0.29) is 5.91 Å². The summed E-state index contributed by atoms with van der Waals surface area (Å²) in [7, 11) is 1.79. The van der Waals surface area contributed by atoms with Gasteiger partial charge in [-0.3, -0.25) is 4.79 Å². The van der Waals surface area contributed by atoms with E-state index in [2.05, 4.69) is 11.1 Å². The van der Waals surface area contributed by atoms with Crippen molar-refractivity contribution >= 4 is 22.5 Å². The fourth-order valence-electron chi connectivity index (χ4n) is 2.32. The number of nitrogens with zero attached hydrogens (tertiary/aromatic N) is 1. The number of aryl methyl sites for hydroxylation is 1. The number of hydrogen-bond acceptors (Lipinski definition) is 1. The summed E-state index contributed by atoms with van der Waals surface area (Å²) in [5.74, 6) is -0.0370. The van der Waals surface area contributed by atoms with E-state index in [1.54, 1.807) is 11.9 Å². The minimum Gasteiger partial charge on any atom is -0.351 e. The highest BCUT2D eigenvalue weighted by Gasteiger charge is 2.15. The Morgan fingerprint density at radius 3 is 2.55 bits per heavy atom. The van der Waals surface area contributed by atoms with Crippen molar-refractivity contribution in [1.82, 2.24) is 4.98 Å². The summed E-state index contributed by atoms with van der Waals surface area (Å²) in [4.78, 5) is 17.3. The number of H-pyrrole nitrogens is 1. The zero-order chi connectivity index (χ0) is 14.1. The summed E-state index contributed by atoms with van der Waals surface area (Å²) >= 11 is 0. The normalized spacial score (nSPS) is 10.7. The van der Waals surface area contributed by atoms with E-state index < -0.39 is 0 Å². The highest BCUT2D eigenvalue weighted by atomic mass is 16.2. The van der Waals surface area contributed by atoms with Gasteiger partial charge >= 0.3 is 0 Å². The first-order valence-electron chi connectivity index (χ1n) is 6.57. The van der Waals surface area contributed by atoms with Gasteiger partial charge in [-0.1, -0.05) is 29.8 Å². The number of aromatic amines is 1. The van der Waals surface area contributed by atoms with Crippen LogP contribution in [0.25, 0.3) is 10.9 Å². The predicted octanol–water partition coefficient (Wildman–Crippen LogP) is 3.75. The molecular weight excluding hydrogens is 248 g/mol. The topological polar surface area (TPSA) is 36.1 Å². The third-order valence-electron chi connectivity index (χ3n) is 3.45. The van der Waals surface area contributed by atoms with Gasteiger partial charge < -0.3 is 9.88 Å². The number of rotatable bonds is 2. The van der Waals surface area contributed by atoms with Crippen LogP contribution < -0.4 is 4.90 Å². The van der Waals surface area contributed by atoms with E-state index in [1.165, 1.54) is 5.56 Å². The fourth-order valence-corrected chi connectivity index (χ4v) is 2.32. The number of hydrogen-bond donors (Lipinski definition) is 1. The molecule has 0 atom stereocenters. The van der Waals surface area contributed by atoms with Crippen LogP contribution in [0.2, 0.25) is 0 Å². The summed E-state index contributed by atoms with van der Waals surface area (Å²) in [6, 6.07) is 17.7. The molecule has 20 heavy (non-hydrogen) atoms. The maximum absolute atomic E-state index is 12.5. The molecule has 0 aliphatic carbocycles. The SMILES string of the molecule is Cc1ccc2[nH]c(C(=O)N(C)c3ccccc3)cc2c1. The van der Waals surface area contributed by atoms with Crippen molar-refractivity contribution in [2.75, 3.05) is 11.9 Å². The van der Waals surface area contributed by atoms with E-state index in [9.17, 15) is 4.79 Å². The van der Waals surface area contributed by atoms with E-state index in [4.69, 9.17) is 0 Å². The Balaban J connectivity index is 1.96. The van der Waals surface area contributed by atoms with E-state index in [0.717, 1.165) is 16.6 Å². The molecule has 1 aromatic heterocycles. The molecular formula is C17H16N2O. The van der Waals surface area contributed by atoms with E-state index in [1.807, 2.05) is 55.5 Å². The first-order valence-corrected chi connectivity index (χ1v) is 6.57. The smallest absolute Gasteiger partial charge is 0.274 e. The highest BCUT2D eigenvalue weighted by molar-refractivity contribution is 6.07. The Morgan fingerprint density at radius 1 is 1.05 bits per heavy atom. The molecule has 0 bridgehead atoms. The summed E-state index contributed by atoms with van der Waals surface area (Å²) in [5.41, 5.74) is 3.66. The van der Waals surface area contributed by atoms with Gasteiger partial charge in [0.25, 0.3) is 5.91 Å². The Hall–Kier alpha value is -2.55. The van der Waals surface area contributed by atoms with Crippen LogP contribution >= 0.6 is 0 Å². The van der Waals surface area contributed by atoms with Crippen molar-refractivity contribution in [2.24, 2.45) is 0 Å². The van der Waals surface area contributed by atoms with Crippen LogP contribution in [0, 0.1) is 6.92 Å². The highest BCUT2D eigenvalue weighted by Crippen LogP contribution is 2.20. The van der Waals surface area contributed by atoms with Crippen LogP contribution in [0.1, 0.15) is 16.1 Å². The number of aromatic nitrogens is 1. The number of amides is 1. The zero-order valence-electron chi connectivity index (χ0n) is 11.6. The van der Waals surface area contributed by atoms with Gasteiger partial charge in [-0.15, -0.1) is 0 Å². The molecule has 100 valence electrons. The molecule has 0 aliphatic heterocycles. The second kappa shape index (κ2) is 4.85. The van der Waals surface area contributed by atoms with Gasteiger partial charge in [0.1, 0.15) is 5.69 Å².